The number of benzene rings is 2. The number of methoxy groups -OCH3 is 1. The Labute approximate surface area is 126 Å². The van der Waals surface area contributed by atoms with Gasteiger partial charge in [0.05, 0.1) is 12.0 Å². The van der Waals surface area contributed by atoms with Crippen LogP contribution < -0.4 is 15.8 Å². The highest BCUT2D eigenvalue weighted by molar-refractivity contribution is 6.31. The van der Waals surface area contributed by atoms with E-state index in [1.807, 2.05) is 6.07 Å². The van der Waals surface area contributed by atoms with Crippen LogP contribution in [0.15, 0.2) is 36.4 Å². The quantitative estimate of drug-likeness (QED) is 0.501. The van der Waals surface area contributed by atoms with Crippen LogP contribution in [0.3, 0.4) is 0 Å². The number of halogens is 1. The average molecular weight is 308 g/mol. The number of nitrogens with one attached hydrogen (secondary N) is 1. The molecule has 6 nitrogen and oxygen atoms in total. The number of rotatable bonds is 5. The Hall–Kier alpha value is -2.47. The SMILES string of the molecule is COc1cccc(Cl)c1CNc1ccc([N+](=O)[O-])c(N)c1. The molecule has 21 heavy (non-hydrogen) atoms. The molecule has 3 N–H and O–H groups in total. The smallest absolute Gasteiger partial charge is 0.292 e. The lowest BCUT2D eigenvalue weighted by Gasteiger charge is -2.12. The van der Waals surface area contributed by atoms with Crippen LogP contribution in [0.25, 0.3) is 0 Å². The van der Waals surface area contributed by atoms with Crippen molar-refractivity contribution < 1.29 is 9.66 Å². The van der Waals surface area contributed by atoms with Crippen molar-refractivity contribution >= 4 is 28.7 Å². The second kappa shape index (κ2) is 6.32. The van der Waals surface area contributed by atoms with Crippen molar-refractivity contribution in [3.05, 3.63) is 57.1 Å². The molecule has 110 valence electrons. The molecule has 2 aromatic carbocycles. The van der Waals surface area contributed by atoms with E-state index in [-0.39, 0.29) is 11.4 Å². The lowest BCUT2D eigenvalue weighted by atomic mass is 10.2. The van der Waals surface area contributed by atoms with Gasteiger partial charge in [-0.1, -0.05) is 17.7 Å². The van der Waals surface area contributed by atoms with Gasteiger partial charge in [0, 0.05) is 28.9 Å². The number of nitrogens with two attached hydrogens (primary N) is 1. The molecule has 0 aliphatic heterocycles. The van der Waals surface area contributed by atoms with Gasteiger partial charge in [-0.3, -0.25) is 10.1 Å². The maximum atomic E-state index is 10.7. The van der Waals surface area contributed by atoms with E-state index in [9.17, 15) is 10.1 Å². The molecule has 2 rings (SSSR count). The average Bonchev–Trinajstić information content (AvgIpc) is 2.45. The van der Waals surface area contributed by atoms with E-state index in [4.69, 9.17) is 22.1 Å². The number of ether oxygens (including phenoxy) is 1. The highest BCUT2D eigenvalue weighted by atomic mass is 35.5. The number of hydrogen-bond acceptors (Lipinski definition) is 5. The second-order valence-electron chi connectivity index (χ2n) is 4.30. The van der Waals surface area contributed by atoms with Crippen molar-refractivity contribution in [3.63, 3.8) is 0 Å². The maximum absolute atomic E-state index is 10.7. The summed E-state index contributed by atoms with van der Waals surface area (Å²) in [7, 11) is 1.57. The van der Waals surface area contributed by atoms with Gasteiger partial charge in [0.1, 0.15) is 11.4 Å². The Morgan fingerprint density at radius 1 is 1.38 bits per heavy atom. The first kappa shape index (κ1) is 14.9. The summed E-state index contributed by atoms with van der Waals surface area (Å²) < 4.78 is 5.25. The van der Waals surface area contributed by atoms with E-state index in [1.165, 1.54) is 12.1 Å². The van der Waals surface area contributed by atoms with Gasteiger partial charge >= 0.3 is 0 Å². The number of nitrogens with zero attached hydrogens (tertiary/aromatic N) is 1. The van der Waals surface area contributed by atoms with Gasteiger partial charge in [-0.25, -0.2) is 0 Å². The summed E-state index contributed by atoms with van der Waals surface area (Å²) in [5, 5.41) is 14.4. The molecular weight excluding hydrogens is 294 g/mol. The molecule has 0 spiro atoms. The van der Waals surface area contributed by atoms with Crippen LogP contribution in [0.2, 0.25) is 5.02 Å². The molecule has 2 aromatic rings. The van der Waals surface area contributed by atoms with Gasteiger partial charge in [0.15, 0.2) is 0 Å². The molecule has 0 radical (unpaired) electrons. The van der Waals surface area contributed by atoms with E-state index >= 15 is 0 Å². The zero-order valence-corrected chi connectivity index (χ0v) is 12.1. The standard InChI is InChI=1S/C14H14ClN3O3/c1-21-14-4-2-3-11(15)10(14)8-17-9-5-6-13(18(19)20)12(16)7-9/h2-7,17H,8,16H2,1H3. The molecule has 0 saturated heterocycles. The third kappa shape index (κ3) is 3.35. The third-order valence-electron chi connectivity index (χ3n) is 2.99. The first-order valence-corrected chi connectivity index (χ1v) is 6.50. The Bertz CT molecular complexity index is 677. The topological polar surface area (TPSA) is 90.4 Å². The minimum atomic E-state index is -0.518. The van der Waals surface area contributed by atoms with Gasteiger partial charge in [0.2, 0.25) is 0 Å². The Kier molecular flexibility index (Phi) is 4.49. The Balaban J connectivity index is 2.17. The normalized spacial score (nSPS) is 10.2. The fourth-order valence-electron chi connectivity index (χ4n) is 1.92. The summed E-state index contributed by atoms with van der Waals surface area (Å²) in [5.74, 6) is 0.671. The molecule has 0 fully saturated rings. The summed E-state index contributed by atoms with van der Waals surface area (Å²) in [5.41, 5.74) is 7.11. The molecule has 0 bridgehead atoms. The number of anilines is 2. The van der Waals surface area contributed by atoms with Crippen LogP contribution in [0.4, 0.5) is 17.1 Å². The molecule has 7 heteroatoms. The molecular formula is C14H14ClN3O3. The van der Waals surface area contributed by atoms with Crippen molar-refractivity contribution in [1.29, 1.82) is 0 Å². The van der Waals surface area contributed by atoms with Crippen LogP contribution in [0.1, 0.15) is 5.56 Å². The van der Waals surface area contributed by atoms with Crippen LogP contribution in [0, 0.1) is 10.1 Å². The molecule has 0 amide bonds. The Morgan fingerprint density at radius 3 is 2.76 bits per heavy atom. The number of nitro groups is 1. The molecule has 0 saturated carbocycles. The fourth-order valence-corrected chi connectivity index (χ4v) is 2.16. The number of hydrogen-bond donors (Lipinski definition) is 2. The van der Waals surface area contributed by atoms with E-state index in [0.717, 1.165) is 5.56 Å². The summed E-state index contributed by atoms with van der Waals surface area (Å²) in [4.78, 5) is 10.2. The van der Waals surface area contributed by atoms with Gasteiger partial charge in [-0.15, -0.1) is 0 Å². The monoisotopic (exact) mass is 307 g/mol. The lowest BCUT2D eigenvalue weighted by molar-refractivity contribution is -0.383. The summed E-state index contributed by atoms with van der Waals surface area (Å²) in [6, 6.07) is 9.85. The van der Waals surface area contributed by atoms with Crippen molar-refractivity contribution in [2.75, 3.05) is 18.2 Å². The fraction of sp³-hybridized carbons (Fsp3) is 0.143. The van der Waals surface area contributed by atoms with Crippen LogP contribution in [0.5, 0.6) is 5.75 Å². The summed E-state index contributed by atoms with van der Waals surface area (Å²) in [6.07, 6.45) is 0. The number of nitro benzene ring substituents is 1. The largest absolute Gasteiger partial charge is 0.496 e. The highest BCUT2D eigenvalue weighted by Gasteiger charge is 2.12. The zero-order chi connectivity index (χ0) is 15.4. The molecule has 0 aromatic heterocycles. The van der Waals surface area contributed by atoms with Gasteiger partial charge < -0.3 is 15.8 Å². The van der Waals surface area contributed by atoms with E-state index in [2.05, 4.69) is 5.32 Å². The molecule has 0 heterocycles. The molecule has 0 atom stereocenters. The zero-order valence-electron chi connectivity index (χ0n) is 11.3. The van der Waals surface area contributed by atoms with E-state index < -0.39 is 4.92 Å². The van der Waals surface area contributed by atoms with Crippen molar-refractivity contribution in [3.8, 4) is 5.75 Å². The minimum Gasteiger partial charge on any atom is -0.496 e. The highest BCUT2D eigenvalue weighted by Crippen LogP contribution is 2.29. The first-order valence-electron chi connectivity index (χ1n) is 6.12. The Morgan fingerprint density at radius 2 is 2.14 bits per heavy atom. The van der Waals surface area contributed by atoms with Gasteiger partial charge in [-0.05, 0) is 24.3 Å². The predicted molar refractivity (Wildman–Crippen MR) is 82.8 cm³/mol. The molecule has 0 aliphatic rings. The summed E-state index contributed by atoms with van der Waals surface area (Å²) >= 11 is 6.14. The van der Waals surface area contributed by atoms with Crippen molar-refractivity contribution in [2.45, 2.75) is 6.54 Å². The second-order valence-corrected chi connectivity index (χ2v) is 4.71. The first-order chi connectivity index (χ1) is 10.0. The van der Waals surface area contributed by atoms with E-state index in [1.54, 1.807) is 25.3 Å². The molecule has 0 unspecified atom stereocenters. The summed E-state index contributed by atoms with van der Waals surface area (Å²) in [6.45, 7) is 0.417. The van der Waals surface area contributed by atoms with Crippen LogP contribution >= 0.6 is 11.6 Å². The van der Waals surface area contributed by atoms with Gasteiger partial charge in [-0.2, -0.15) is 0 Å². The molecule has 0 aliphatic carbocycles. The van der Waals surface area contributed by atoms with Crippen LogP contribution in [-0.2, 0) is 6.54 Å². The van der Waals surface area contributed by atoms with E-state index in [0.29, 0.717) is 23.0 Å². The predicted octanol–water partition coefficient (Wildman–Crippen LogP) is 3.45. The van der Waals surface area contributed by atoms with Crippen molar-refractivity contribution in [1.82, 2.24) is 0 Å². The lowest BCUT2D eigenvalue weighted by Crippen LogP contribution is -2.03. The van der Waals surface area contributed by atoms with Gasteiger partial charge in [0.25, 0.3) is 5.69 Å². The van der Waals surface area contributed by atoms with Crippen LogP contribution in [-0.4, -0.2) is 12.0 Å². The number of nitrogen functional groups attached to an aromatic ring is 1. The minimum absolute atomic E-state index is 0.108. The maximum Gasteiger partial charge on any atom is 0.292 e. The third-order valence-corrected chi connectivity index (χ3v) is 3.34. The van der Waals surface area contributed by atoms with Crippen molar-refractivity contribution in [2.24, 2.45) is 0 Å².